The Bertz CT molecular complexity index is 685. The number of nitrogens with zero attached hydrogens (tertiary/aromatic N) is 2. The molecule has 0 aliphatic rings. The summed E-state index contributed by atoms with van der Waals surface area (Å²) >= 11 is 0. The van der Waals surface area contributed by atoms with Gasteiger partial charge in [-0.05, 0) is 19.1 Å². The Morgan fingerprint density at radius 2 is 2.21 bits per heavy atom. The van der Waals surface area contributed by atoms with Crippen molar-refractivity contribution >= 4 is 22.6 Å². The lowest BCUT2D eigenvalue weighted by atomic mass is 10.2. The van der Waals surface area contributed by atoms with Crippen molar-refractivity contribution in [2.24, 2.45) is 0 Å². The molecule has 19 heavy (non-hydrogen) atoms. The van der Waals surface area contributed by atoms with Crippen molar-refractivity contribution in [1.29, 1.82) is 0 Å². The molecule has 6 nitrogen and oxygen atoms in total. The first-order valence-corrected chi connectivity index (χ1v) is 5.62. The van der Waals surface area contributed by atoms with Crippen LogP contribution in [0.3, 0.4) is 0 Å². The maximum atomic E-state index is 10.7. The number of aromatic nitrogens is 1. The number of rotatable bonds is 4. The molecule has 0 atom stereocenters. The van der Waals surface area contributed by atoms with Crippen LogP contribution in [0.25, 0.3) is 10.9 Å². The van der Waals surface area contributed by atoms with E-state index in [4.69, 9.17) is 5.11 Å². The lowest BCUT2D eigenvalue weighted by Gasteiger charge is -2.02. The second-order valence-electron chi connectivity index (χ2n) is 4.16. The average molecular weight is 260 g/mol. The molecule has 0 spiro atoms. The zero-order chi connectivity index (χ0) is 14.0. The number of hydrogen-bond donors (Lipinski definition) is 1. The molecule has 1 heterocycles. The van der Waals surface area contributed by atoms with Gasteiger partial charge >= 0.3 is 5.97 Å². The highest BCUT2D eigenvalue weighted by Crippen LogP contribution is 2.22. The molecule has 98 valence electrons. The molecule has 0 amide bonds. The molecule has 0 bridgehead atoms. The van der Waals surface area contributed by atoms with E-state index in [2.05, 4.69) is 0 Å². The zero-order valence-corrected chi connectivity index (χ0v) is 10.2. The minimum absolute atomic E-state index is 0.0198. The fourth-order valence-corrected chi connectivity index (χ4v) is 1.77. The first-order chi connectivity index (χ1) is 8.99. The molecule has 1 aromatic carbocycles. The number of nitro benzene ring substituents is 1. The summed E-state index contributed by atoms with van der Waals surface area (Å²) in [5, 5.41) is 20.4. The number of nitro groups is 1. The van der Waals surface area contributed by atoms with Gasteiger partial charge in [-0.25, -0.2) is 4.79 Å². The van der Waals surface area contributed by atoms with Crippen molar-refractivity contribution in [3.05, 3.63) is 52.2 Å². The fraction of sp³-hybridized carbons (Fsp3) is 0.154. The van der Waals surface area contributed by atoms with Gasteiger partial charge in [0.2, 0.25) is 0 Å². The van der Waals surface area contributed by atoms with Crippen LogP contribution in [0.15, 0.2) is 42.1 Å². The predicted molar refractivity (Wildman–Crippen MR) is 70.0 cm³/mol. The van der Waals surface area contributed by atoms with E-state index in [0.717, 1.165) is 5.39 Å². The lowest BCUT2D eigenvalue weighted by molar-refractivity contribution is -0.384. The van der Waals surface area contributed by atoms with Crippen molar-refractivity contribution in [1.82, 2.24) is 4.57 Å². The van der Waals surface area contributed by atoms with Crippen molar-refractivity contribution in [3.63, 3.8) is 0 Å². The summed E-state index contributed by atoms with van der Waals surface area (Å²) in [4.78, 5) is 21.0. The van der Waals surface area contributed by atoms with Crippen LogP contribution in [0.2, 0.25) is 0 Å². The molecule has 0 aliphatic carbocycles. The second-order valence-corrected chi connectivity index (χ2v) is 4.16. The second kappa shape index (κ2) is 4.93. The van der Waals surface area contributed by atoms with E-state index in [-0.39, 0.29) is 11.3 Å². The molecule has 0 unspecified atom stereocenters. The maximum Gasteiger partial charge on any atom is 0.331 e. The number of carbonyl (C=O) groups is 1. The summed E-state index contributed by atoms with van der Waals surface area (Å²) in [7, 11) is 0. The largest absolute Gasteiger partial charge is 0.478 e. The maximum absolute atomic E-state index is 10.7. The molecular formula is C13H12N2O4. The monoisotopic (exact) mass is 260 g/mol. The highest BCUT2D eigenvalue weighted by atomic mass is 16.6. The topological polar surface area (TPSA) is 85.4 Å². The first kappa shape index (κ1) is 12.8. The van der Waals surface area contributed by atoms with Gasteiger partial charge in [-0.1, -0.05) is 6.08 Å². The number of allylic oxidation sites excluding steroid dienone is 1. The quantitative estimate of drug-likeness (QED) is 0.520. The van der Waals surface area contributed by atoms with Crippen LogP contribution in [0, 0.1) is 10.1 Å². The molecule has 6 heteroatoms. The van der Waals surface area contributed by atoms with E-state index in [1.54, 1.807) is 22.9 Å². The van der Waals surface area contributed by atoms with Crippen LogP contribution in [0.4, 0.5) is 5.69 Å². The van der Waals surface area contributed by atoms with Gasteiger partial charge < -0.3 is 9.67 Å². The van der Waals surface area contributed by atoms with Gasteiger partial charge in [0.15, 0.2) is 0 Å². The van der Waals surface area contributed by atoms with Crippen molar-refractivity contribution in [2.45, 2.75) is 13.5 Å². The molecule has 0 saturated heterocycles. The summed E-state index contributed by atoms with van der Waals surface area (Å²) in [5.74, 6) is -0.970. The summed E-state index contributed by atoms with van der Waals surface area (Å²) in [6.45, 7) is 1.87. The van der Waals surface area contributed by atoms with Gasteiger partial charge in [0.25, 0.3) is 5.69 Å². The molecule has 0 saturated carbocycles. The van der Waals surface area contributed by atoms with Gasteiger partial charge in [-0.2, -0.15) is 0 Å². The van der Waals surface area contributed by atoms with E-state index in [9.17, 15) is 14.9 Å². The third-order valence-electron chi connectivity index (χ3n) is 2.90. The number of non-ortho nitro benzene ring substituents is 1. The van der Waals surface area contributed by atoms with E-state index < -0.39 is 10.9 Å². The van der Waals surface area contributed by atoms with E-state index in [0.29, 0.717) is 12.1 Å². The zero-order valence-electron chi connectivity index (χ0n) is 10.2. The Labute approximate surface area is 108 Å². The standard InChI is InChI=1S/C13H12N2O4/c1-9(13(16)17)4-6-14-7-5-10-2-3-11(15(18)19)8-12(10)14/h2-5,7-8H,6H2,1H3,(H,16,17). The van der Waals surface area contributed by atoms with Crippen molar-refractivity contribution in [2.75, 3.05) is 0 Å². The number of benzene rings is 1. The number of hydrogen-bond acceptors (Lipinski definition) is 3. The highest BCUT2D eigenvalue weighted by Gasteiger charge is 2.09. The number of carboxylic acids is 1. The molecule has 2 aromatic rings. The van der Waals surface area contributed by atoms with Gasteiger partial charge in [-0.3, -0.25) is 10.1 Å². The Morgan fingerprint density at radius 3 is 2.84 bits per heavy atom. The SMILES string of the molecule is CC(=CCn1ccc2ccc([N+](=O)[O-])cc21)C(=O)O. The third kappa shape index (κ3) is 2.62. The van der Waals surface area contributed by atoms with E-state index in [1.807, 2.05) is 6.07 Å². The molecule has 2 rings (SSSR count). The normalized spacial score (nSPS) is 11.7. The minimum Gasteiger partial charge on any atom is -0.478 e. The predicted octanol–water partition coefficient (Wildman–Crippen LogP) is 2.58. The Kier molecular flexibility index (Phi) is 3.33. The van der Waals surface area contributed by atoms with Crippen molar-refractivity contribution < 1.29 is 14.8 Å². The van der Waals surface area contributed by atoms with Crippen LogP contribution in [-0.4, -0.2) is 20.6 Å². The van der Waals surface area contributed by atoms with E-state index in [1.165, 1.54) is 19.1 Å². The van der Waals surface area contributed by atoms with E-state index >= 15 is 0 Å². The van der Waals surface area contributed by atoms with Crippen LogP contribution in [-0.2, 0) is 11.3 Å². The van der Waals surface area contributed by atoms with Crippen LogP contribution >= 0.6 is 0 Å². The highest BCUT2D eigenvalue weighted by molar-refractivity contribution is 5.86. The van der Waals surface area contributed by atoms with Crippen LogP contribution < -0.4 is 0 Å². The summed E-state index contributed by atoms with van der Waals surface area (Å²) in [6.07, 6.45) is 3.35. The van der Waals surface area contributed by atoms with Crippen LogP contribution in [0.5, 0.6) is 0 Å². The first-order valence-electron chi connectivity index (χ1n) is 5.62. The lowest BCUT2D eigenvalue weighted by Crippen LogP contribution is -2.00. The molecular weight excluding hydrogens is 248 g/mol. The van der Waals surface area contributed by atoms with Crippen LogP contribution in [0.1, 0.15) is 6.92 Å². The smallest absolute Gasteiger partial charge is 0.331 e. The summed E-state index contributed by atoms with van der Waals surface area (Å²) in [6, 6.07) is 6.45. The third-order valence-corrected chi connectivity index (χ3v) is 2.90. The molecule has 0 fully saturated rings. The fourth-order valence-electron chi connectivity index (χ4n) is 1.77. The minimum atomic E-state index is -0.970. The number of carboxylic acid groups (broad SMARTS) is 1. The molecule has 0 aliphatic heterocycles. The van der Waals surface area contributed by atoms with Gasteiger partial charge in [-0.15, -0.1) is 0 Å². The summed E-state index contributed by atoms with van der Waals surface area (Å²) in [5.41, 5.74) is 0.974. The molecule has 1 aromatic heterocycles. The van der Waals surface area contributed by atoms with Crippen molar-refractivity contribution in [3.8, 4) is 0 Å². The van der Waals surface area contributed by atoms with Gasteiger partial charge in [0, 0.05) is 35.8 Å². The van der Waals surface area contributed by atoms with Gasteiger partial charge in [0.1, 0.15) is 0 Å². The Balaban J connectivity index is 2.39. The number of aliphatic carboxylic acids is 1. The molecule has 1 N–H and O–H groups in total. The molecule has 0 radical (unpaired) electrons. The Morgan fingerprint density at radius 1 is 1.47 bits per heavy atom. The average Bonchev–Trinajstić information content (AvgIpc) is 2.77. The van der Waals surface area contributed by atoms with Gasteiger partial charge in [0.05, 0.1) is 10.4 Å². The Hall–Kier alpha value is -2.63. The number of fused-ring (bicyclic) bond motifs is 1. The summed E-state index contributed by atoms with van der Waals surface area (Å²) < 4.78 is 1.77.